The van der Waals surface area contributed by atoms with Crippen molar-refractivity contribution in [1.82, 2.24) is 0 Å². The second-order valence-corrected chi connectivity index (χ2v) is 2.10. The average Bonchev–Trinajstić information content (AvgIpc) is 1.35. The first-order valence-corrected chi connectivity index (χ1v) is 4.55. The maximum absolute atomic E-state index is 9.61. The SMILES string of the molecule is C[I-]OC(=O)Cl. The fraction of sp³-hybridized carbons (Fsp3) is 0.500. The van der Waals surface area contributed by atoms with Crippen molar-refractivity contribution in [3.63, 3.8) is 0 Å². The van der Waals surface area contributed by atoms with E-state index in [0.717, 1.165) is 0 Å². The van der Waals surface area contributed by atoms with Gasteiger partial charge in [0, 0.05) is 0 Å². The van der Waals surface area contributed by atoms with Crippen LogP contribution in [0.5, 0.6) is 0 Å². The molecular formula is C2H3ClIO2-. The van der Waals surface area contributed by atoms with E-state index in [1.807, 2.05) is 0 Å². The summed E-state index contributed by atoms with van der Waals surface area (Å²) in [4.78, 5) is 11.4. The van der Waals surface area contributed by atoms with Crippen LogP contribution in [0.25, 0.3) is 0 Å². The normalized spacial score (nSPS) is 8.33. The molecule has 0 N–H and O–H groups in total. The van der Waals surface area contributed by atoms with Gasteiger partial charge >= 0.3 is 51.4 Å². The number of carbonyl (C=O) groups is 1. The van der Waals surface area contributed by atoms with E-state index in [1.165, 1.54) is 0 Å². The van der Waals surface area contributed by atoms with Gasteiger partial charge in [-0.2, -0.15) is 0 Å². The fourth-order valence-electron chi connectivity index (χ4n) is 0.0607. The Morgan fingerprint density at radius 3 is 2.50 bits per heavy atom. The van der Waals surface area contributed by atoms with Gasteiger partial charge in [-0.05, 0) is 0 Å². The van der Waals surface area contributed by atoms with Gasteiger partial charge in [0.25, 0.3) is 0 Å². The van der Waals surface area contributed by atoms with Gasteiger partial charge in [0.05, 0.1) is 0 Å². The second kappa shape index (κ2) is 3.67. The van der Waals surface area contributed by atoms with Crippen LogP contribution in [0.3, 0.4) is 0 Å². The van der Waals surface area contributed by atoms with E-state index < -0.39 is 27.0 Å². The van der Waals surface area contributed by atoms with Gasteiger partial charge in [-0.15, -0.1) is 0 Å². The Labute approximate surface area is 51.6 Å². The second-order valence-electron chi connectivity index (χ2n) is 0.469. The van der Waals surface area contributed by atoms with Crippen molar-refractivity contribution in [2.24, 2.45) is 0 Å². The van der Waals surface area contributed by atoms with Crippen molar-refractivity contribution in [1.29, 1.82) is 0 Å². The maximum atomic E-state index is 9.61. The summed E-state index contributed by atoms with van der Waals surface area (Å²) in [6, 6.07) is 0. The molecule has 0 fully saturated rings. The van der Waals surface area contributed by atoms with Gasteiger partial charge < -0.3 is 0 Å². The van der Waals surface area contributed by atoms with Gasteiger partial charge in [-0.1, -0.05) is 0 Å². The van der Waals surface area contributed by atoms with Crippen molar-refractivity contribution < 1.29 is 29.5 Å². The summed E-state index contributed by atoms with van der Waals surface area (Å²) in [5.41, 5.74) is -0.690. The first-order valence-electron chi connectivity index (χ1n) is 1.13. The monoisotopic (exact) mass is 221 g/mol. The molecule has 4 heteroatoms. The zero-order valence-corrected chi connectivity index (χ0v) is 5.99. The van der Waals surface area contributed by atoms with Crippen molar-refractivity contribution >= 4 is 17.0 Å². The third-order valence-electron chi connectivity index (χ3n) is 0.138. The van der Waals surface area contributed by atoms with Crippen LogP contribution in [0.2, 0.25) is 0 Å². The van der Waals surface area contributed by atoms with Crippen molar-refractivity contribution in [3.05, 3.63) is 0 Å². The number of alkyl halides is 1. The molecule has 0 bridgehead atoms. The number of halogens is 2. The zero-order valence-electron chi connectivity index (χ0n) is 3.07. The van der Waals surface area contributed by atoms with Gasteiger partial charge in [0.2, 0.25) is 0 Å². The summed E-state index contributed by atoms with van der Waals surface area (Å²) < 4.78 is 4.28. The van der Waals surface area contributed by atoms with Gasteiger partial charge in [0.1, 0.15) is 0 Å². The molecule has 0 aliphatic carbocycles. The van der Waals surface area contributed by atoms with Crippen LogP contribution >= 0.6 is 11.6 Å². The van der Waals surface area contributed by atoms with E-state index >= 15 is 0 Å². The van der Waals surface area contributed by atoms with Crippen molar-refractivity contribution in [2.45, 2.75) is 0 Å². The zero-order chi connectivity index (χ0) is 4.99. The minimum atomic E-state index is -0.690. The Bertz CT molecular complexity index is 55.5. The summed E-state index contributed by atoms with van der Waals surface area (Å²) >= 11 is 4.33. The molecule has 0 unspecified atom stereocenters. The van der Waals surface area contributed by atoms with Gasteiger partial charge in [-0.25, -0.2) is 0 Å². The summed E-state index contributed by atoms with van der Waals surface area (Å²) in [6.07, 6.45) is 0. The van der Waals surface area contributed by atoms with Crippen LogP contribution in [0, 0.1) is 0 Å². The van der Waals surface area contributed by atoms with Crippen molar-refractivity contribution in [2.75, 3.05) is 4.93 Å². The first-order chi connectivity index (χ1) is 2.77. The van der Waals surface area contributed by atoms with Crippen LogP contribution in [-0.4, -0.2) is 10.4 Å². The van der Waals surface area contributed by atoms with E-state index in [2.05, 4.69) is 3.07 Å². The third kappa shape index (κ3) is 4.49. The molecule has 0 aliphatic rings. The molecule has 0 aromatic rings. The van der Waals surface area contributed by atoms with Crippen LogP contribution in [0.4, 0.5) is 4.79 Å². The van der Waals surface area contributed by atoms with Gasteiger partial charge in [-0.3, -0.25) is 0 Å². The predicted molar refractivity (Wildman–Crippen MR) is 18.3 cm³/mol. The summed E-state index contributed by atoms with van der Waals surface area (Å²) in [5, 5.41) is 0. The number of hydrogen-bond acceptors (Lipinski definition) is 2. The van der Waals surface area contributed by atoms with Crippen LogP contribution in [0.1, 0.15) is 0 Å². The Balaban J connectivity index is 2.83. The average molecular weight is 221 g/mol. The summed E-state index contributed by atoms with van der Waals surface area (Å²) in [6.45, 7) is 0. The fourth-order valence-corrected chi connectivity index (χ4v) is 0.798. The topological polar surface area (TPSA) is 26.3 Å². The molecule has 2 nitrogen and oxygen atoms in total. The Morgan fingerprint density at radius 2 is 2.50 bits per heavy atom. The molecule has 0 heterocycles. The van der Waals surface area contributed by atoms with E-state index in [-0.39, 0.29) is 0 Å². The van der Waals surface area contributed by atoms with E-state index in [4.69, 9.17) is 11.6 Å². The number of rotatable bonds is 1. The molecule has 0 saturated heterocycles. The molecule has 0 atom stereocenters. The van der Waals surface area contributed by atoms with Gasteiger partial charge in [0.15, 0.2) is 0 Å². The molecule has 0 saturated carbocycles. The van der Waals surface area contributed by atoms with E-state index in [9.17, 15) is 4.79 Å². The first kappa shape index (κ1) is 6.49. The minimum absolute atomic E-state index is 0.414. The molecule has 0 rings (SSSR count). The van der Waals surface area contributed by atoms with Crippen molar-refractivity contribution in [3.8, 4) is 0 Å². The summed E-state index contributed by atoms with van der Waals surface area (Å²) in [7, 11) is 0. The predicted octanol–water partition coefficient (Wildman–Crippen LogP) is -2.00. The number of carbonyl (C=O) groups excluding carboxylic acids is 1. The van der Waals surface area contributed by atoms with Crippen LogP contribution in [-0.2, 0) is 3.07 Å². The molecule has 38 valence electrons. The van der Waals surface area contributed by atoms with Crippen LogP contribution in [0.15, 0.2) is 0 Å². The Hall–Kier alpha value is 0.490. The molecule has 6 heavy (non-hydrogen) atoms. The quantitative estimate of drug-likeness (QED) is 0.291. The molecule has 0 amide bonds. The Morgan fingerprint density at radius 1 is 2.00 bits per heavy atom. The standard InChI is InChI=1S/C2H3ClIO2/c1-4-6-2(3)5/h1H3/q-1. The molecule has 0 aromatic carbocycles. The van der Waals surface area contributed by atoms with E-state index in [1.54, 1.807) is 4.93 Å². The third-order valence-corrected chi connectivity index (χ3v) is 1.32. The summed E-state index contributed by atoms with van der Waals surface area (Å²) in [5.74, 6) is 0. The molecule has 0 aromatic heterocycles. The number of hydrogen-bond donors (Lipinski definition) is 0. The molecule has 0 spiro atoms. The molecule has 0 radical (unpaired) electrons. The van der Waals surface area contributed by atoms with E-state index in [0.29, 0.717) is 0 Å². The molecule has 0 aliphatic heterocycles. The molecular weight excluding hydrogens is 218 g/mol. The van der Waals surface area contributed by atoms with Crippen LogP contribution < -0.4 is 21.6 Å². The Kier molecular flexibility index (Phi) is 3.97.